The number of phenolic OH excluding ortho intramolecular Hbond substituents is 1. The van der Waals surface area contributed by atoms with Crippen molar-refractivity contribution in [2.24, 2.45) is 5.92 Å². The maximum Gasteiger partial charge on any atom is 0.326 e. The van der Waals surface area contributed by atoms with Gasteiger partial charge in [0.05, 0.1) is 19.8 Å². The highest BCUT2D eigenvalue weighted by Crippen LogP contribution is 2.39. The summed E-state index contributed by atoms with van der Waals surface area (Å²) in [6, 6.07) is 5.92. The van der Waals surface area contributed by atoms with E-state index in [2.05, 4.69) is 0 Å². The Kier molecular flexibility index (Phi) is 4.31. The summed E-state index contributed by atoms with van der Waals surface area (Å²) in [5, 5.41) is 10.6. The summed E-state index contributed by atoms with van der Waals surface area (Å²) in [7, 11) is -4.24. The van der Waals surface area contributed by atoms with Crippen molar-refractivity contribution in [3.63, 3.8) is 0 Å². The summed E-state index contributed by atoms with van der Waals surface area (Å²) < 4.78 is 52.1. The number of hydrogen-bond acceptors (Lipinski definition) is 6. The van der Waals surface area contributed by atoms with Gasteiger partial charge >= 0.3 is 10.2 Å². The van der Waals surface area contributed by atoms with Gasteiger partial charge in [0.1, 0.15) is 23.7 Å². The van der Waals surface area contributed by atoms with Crippen molar-refractivity contribution in [3.05, 3.63) is 30.1 Å². The van der Waals surface area contributed by atoms with Crippen LogP contribution in [0.25, 0.3) is 10.8 Å². The van der Waals surface area contributed by atoms with Gasteiger partial charge in [0.15, 0.2) is 5.82 Å². The van der Waals surface area contributed by atoms with Gasteiger partial charge in [0.2, 0.25) is 0 Å². The van der Waals surface area contributed by atoms with Gasteiger partial charge in [0.25, 0.3) is 5.91 Å². The smallest absolute Gasteiger partial charge is 0.326 e. The van der Waals surface area contributed by atoms with Gasteiger partial charge in [-0.1, -0.05) is 6.07 Å². The van der Waals surface area contributed by atoms with Gasteiger partial charge in [-0.3, -0.25) is 4.79 Å². The van der Waals surface area contributed by atoms with Gasteiger partial charge in [-0.25, -0.2) is 13.4 Å². The lowest BCUT2D eigenvalue weighted by atomic mass is 10.1. The Morgan fingerprint density at radius 2 is 2.11 bits per heavy atom. The molecule has 0 atom stereocenters. The molecule has 2 aliphatic heterocycles. The zero-order valence-electron chi connectivity index (χ0n) is 14.1. The van der Waals surface area contributed by atoms with Crippen LogP contribution in [0.5, 0.6) is 11.5 Å². The van der Waals surface area contributed by atoms with Crippen LogP contribution in [0.3, 0.4) is 0 Å². The van der Waals surface area contributed by atoms with Crippen LogP contribution in [0.2, 0.25) is 0 Å². The number of rotatable bonds is 5. The molecule has 0 saturated carbocycles. The first-order chi connectivity index (χ1) is 12.8. The molecule has 2 saturated heterocycles. The molecule has 2 N–H and O–H groups in total. The van der Waals surface area contributed by atoms with Gasteiger partial charge in [0, 0.05) is 11.3 Å². The number of nitrogens with zero attached hydrogens (tertiary/aromatic N) is 1. The molecule has 8 nitrogen and oxygen atoms in total. The lowest BCUT2D eigenvalue weighted by Gasteiger charge is -2.25. The zero-order valence-corrected chi connectivity index (χ0v) is 15.0. The molecular formula is C17H17FN2O6S. The topological polar surface area (TPSA) is 105 Å². The SMILES string of the molecule is O=C1CN(c2c(O)cc3ccc(OCCC4COC4)cc3c2F)S(=O)(=O)N1. The molecule has 10 heteroatoms. The van der Waals surface area contributed by atoms with Crippen LogP contribution in [-0.4, -0.2) is 45.8 Å². The van der Waals surface area contributed by atoms with E-state index in [0.29, 0.717) is 28.0 Å². The second kappa shape index (κ2) is 6.54. The summed E-state index contributed by atoms with van der Waals surface area (Å²) in [4.78, 5) is 11.4. The number of ether oxygens (including phenoxy) is 2. The van der Waals surface area contributed by atoms with Crippen molar-refractivity contribution in [2.75, 3.05) is 30.7 Å². The third-order valence-electron chi connectivity index (χ3n) is 4.58. The van der Waals surface area contributed by atoms with Gasteiger partial charge < -0.3 is 14.6 Å². The number of anilines is 1. The molecule has 0 radical (unpaired) electrons. The number of nitrogens with one attached hydrogen (secondary N) is 1. The standard InChI is InChI=1S/C17H17FN2O6S/c18-16-13-6-12(26-4-3-10-8-25-9-10)2-1-11(13)5-14(21)17(16)20-7-15(22)19-27(20,23)24/h1-2,5-6,10,21H,3-4,7-9H2,(H,19,22). The Morgan fingerprint density at radius 3 is 2.74 bits per heavy atom. The molecule has 2 aliphatic rings. The average molecular weight is 396 g/mol. The van der Waals surface area contributed by atoms with Gasteiger partial charge in [-0.05, 0) is 30.0 Å². The fraction of sp³-hybridized carbons (Fsp3) is 0.353. The number of fused-ring (bicyclic) bond motifs is 1. The first kappa shape index (κ1) is 17.8. The molecule has 0 unspecified atom stereocenters. The van der Waals surface area contributed by atoms with E-state index in [1.165, 1.54) is 12.1 Å². The lowest BCUT2D eigenvalue weighted by Crippen LogP contribution is -2.30. The quantitative estimate of drug-likeness (QED) is 0.789. The van der Waals surface area contributed by atoms with E-state index >= 15 is 4.39 Å². The maximum absolute atomic E-state index is 15.1. The highest BCUT2D eigenvalue weighted by Gasteiger charge is 2.37. The zero-order chi connectivity index (χ0) is 19.2. The molecule has 0 aliphatic carbocycles. The monoisotopic (exact) mass is 396 g/mol. The number of amides is 1. The van der Waals surface area contributed by atoms with Crippen LogP contribution in [0.4, 0.5) is 10.1 Å². The van der Waals surface area contributed by atoms with E-state index in [9.17, 15) is 18.3 Å². The summed E-state index contributed by atoms with van der Waals surface area (Å²) >= 11 is 0. The number of halogens is 1. The minimum atomic E-state index is -4.24. The van der Waals surface area contributed by atoms with E-state index in [1.54, 1.807) is 16.9 Å². The van der Waals surface area contributed by atoms with Crippen LogP contribution >= 0.6 is 0 Å². The number of carbonyl (C=O) groups is 1. The predicted molar refractivity (Wildman–Crippen MR) is 94.4 cm³/mol. The molecule has 2 fully saturated rings. The Hall–Kier alpha value is -2.59. The molecule has 0 aromatic heterocycles. The Labute approximate surface area is 154 Å². The summed E-state index contributed by atoms with van der Waals surface area (Å²) in [5.41, 5.74) is -0.565. The molecule has 27 heavy (non-hydrogen) atoms. The van der Waals surface area contributed by atoms with Gasteiger partial charge in [-0.15, -0.1) is 0 Å². The van der Waals surface area contributed by atoms with E-state index in [1.807, 2.05) is 0 Å². The normalized spacial score (nSPS) is 19.1. The highest BCUT2D eigenvalue weighted by atomic mass is 32.2. The fourth-order valence-electron chi connectivity index (χ4n) is 3.07. The molecule has 0 bridgehead atoms. The Morgan fingerprint density at radius 1 is 1.33 bits per heavy atom. The van der Waals surface area contributed by atoms with Crippen LogP contribution < -0.4 is 13.8 Å². The van der Waals surface area contributed by atoms with Crippen molar-refractivity contribution in [1.82, 2.24) is 4.72 Å². The van der Waals surface area contributed by atoms with Crippen LogP contribution in [0.15, 0.2) is 24.3 Å². The third-order valence-corrected chi connectivity index (χ3v) is 5.95. The first-order valence-corrected chi connectivity index (χ1v) is 9.78. The number of aromatic hydroxyl groups is 1. The second-order valence-electron chi connectivity index (χ2n) is 6.52. The van der Waals surface area contributed by atoms with E-state index in [0.717, 1.165) is 19.6 Å². The predicted octanol–water partition coefficient (Wildman–Crippen LogP) is 1.28. The van der Waals surface area contributed by atoms with Crippen molar-refractivity contribution < 1.29 is 32.2 Å². The maximum atomic E-state index is 15.1. The second-order valence-corrected chi connectivity index (χ2v) is 8.11. The summed E-state index contributed by atoms with van der Waals surface area (Å²) in [5.74, 6) is -1.42. The Balaban J connectivity index is 1.67. The van der Waals surface area contributed by atoms with E-state index in [4.69, 9.17) is 9.47 Å². The average Bonchev–Trinajstić information content (AvgIpc) is 2.82. The number of hydrogen-bond donors (Lipinski definition) is 2. The first-order valence-electron chi connectivity index (χ1n) is 8.34. The lowest BCUT2D eigenvalue weighted by molar-refractivity contribution is -0.117. The molecule has 2 aromatic rings. The molecular weight excluding hydrogens is 379 g/mol. The number of phenols is 1. The summed E-state index contributed by atoms with van der Waals surface area (Å²) in [6.45, 7) is 1.29. The molecule has 2 aromatic carbocycles. The molecule has 4 rings (SSSR count). The number of carbonyl (C=O) groups excluding carboxylic acids is 1. The largest absolute Gasteiger partial charge is 0.506 e. The van der Waals surface area contributed by atoms with Crippen LogP contribution in [0.1, 0.15) is 6.42 Å². The van der Waals surface area contributed by atoms with Crippen molar-refractivity contribution >= 4 is 32.6 Å². The molecule has 1 amide bonds. The third kappa shape index (κ3) is 3.26. The fourth-order valence-corrected chi connectivity index (χ4v) is 4.24. The molecule has 0 spiro atoms. The number of benzene rings is 2. The molecule has 144 valence electrons. The van der Waals surface area contributed by atoms with Crippen LogP contribution in [-0.2, 0) is 19.7 Å². The highest BCUT2D eigenvalue weighted by molar-refractivity contribution is 7.92. The minimum Gasteiger partial charge on any atom is -0.506 e. The minimum absolute atomic E-state index is 0.0850. The van der Waals surface area contributed by atoms with Crippen molar-refractivity contribution in [1.29, 1.82) is 0 Å². The Bertz CT molecular complexity index is 1020. The van der Waals surface area contributed by atoms with Crippen molar-refractivity contribution in [3.8, 4) is 11.5 Å². The van der Waals surface area contributed by atoms with Gasteiger partial charge in [-0.2, -0.15) is 8.42 Å². The molecule has 2 heterocycles. The van der Waals surface area contributed by atoms with Crippen LogP contribution in [0, 0.1) is 11.7 Å². The summed E-state index contributed by atoms with van der Waals surface area (Å²) in [6.07, 6.45) is 0.821. The van der Waals surface area contributed by atoms with Crippen molar-refractivity contribution in [2.45, 2.75) is 6.42 Å². The van der Waals surface area contributed by atoms with E-state index < -0.39 is 39.9 Å². The van der Waals surface area contributed by atoms with E-state index in [-0.39, 0.29) is 5.39 Å².